The fourth-order valence-electron chi connectivity index (χ4n) is 0.893. The Bertz CT molecular complexity index is 67.5. The Morgan fingerprint density at radius 2 is 1.15 bits per heavy atom. The first-order valence-corrected chi connectivity index (χ1v) is 5.70. The van der Waals surface area contributed by atoms with Crippen molar-refractivity contribution in [1.29, 1.82) is 0 Å². The van der Waals surface area contributed by atoms with Crippen molar-refractivity contribution >= 4 is 0 Å². The summed E-state index contributed by atoms with van der Waals surface area (Å²) in [5.41, 5.74) is 0. The van der Waals surface area contributed by atoms with Crippen LogP contribution in [-0.2, 0) is 0 Å². The maximum atomic E-state index is 2.26. The predicted molar refractivity (Wildman–Crippen MR) is 65.3 cm³/mol. The fourth-order valence-corrected chi connectivity index (χ4v) is 0.893. The molecule has 1 heteroatoms. The lowest BCUT2D eigenvalue weighted by Crippen LogP contribution is -2.25. The molecule has 0 aliphatic rings. The van der Waals surface area contributed by atoms with Gasteiger partial charge in [-0.25, -0.2) is 0 Å². The summed E-state index contributed by atoms with van der Waals surface area (Å²) in [5, 5.41) is 0. The molecular weight excluding hydrogens is 158 g/mol. The summed E-state index contributed by atoms with van der Waals surface area (Å²) in [7, 11) is 4.26. The quantitative estimate of drug-likeness (QED) is 0.648. The third-order valence-corrected chi connectivity index (χ3v) is 1.69. The van der Waals surface area contributed by atoms with Crippen LogP contribution in [0, 0.1) is 5.92 Å². The van der Waals surface area contributed by atoms with E-state index in [2.05, 4.69) is 39.8 Å². The van der Waals surface area contributed by atoms with E-state index in [4.69, 9.17) is 0 Å². The maximum absolute atomic E-state index is 2.26. The van der Waals surface area contributed by atoms with Gasteiger partial charge in [0.05, 0.1) is 0 Å². The van der Waals surface area contributed by atoms with E-state index in [9.17, 15) is 0 Å². The van der Waals surface area contributed by atoms with Gasteiger partial charge >= 0.3 is 0 Å². The second kappa shape index (κ2) is 14.5. The topological polar surface area (TPSA) is 3.24 Å². The highest BCUT2D eigenvalue weighted by molar-refractivity contribution is 4.60. The molecule has 13 heavy (non-hydrogen) atoms. The van der Waals surface area contributed by atoms with Crippen molar-refractivity contribution in [1.82, 2.24) is 4.90 Å². The molecule has 0 saturated heterocycles. The van der Waals surface area contributed by atoms with Crippen molar-refractivity contribution in [3.05, 3.63) is 0 Å². The van der Waals surface area contributed by atoms with E-state index in [-0.39, 0.29) is 0 Å². The Morgan fingerprint density at radius 1 is 0.846 bits per heavy atom. The predicted octanol–water partition coefficient (Wildman–Crippen LogP) is 4.04. The molecule has 0 aromatic carbocycles. The molecule has 0 rings (SSSR count). The van der Waals surface area contributed by atoms with Crippen LogP contribution in [0.15, 0.2) is 0 Å². The summed E-state index contributed by atoms with van der Waals surface area (Å²) >= 11 is 0. The first kappa shape index (κ1) is 18.7. The highest BCUT2D eigenvalue weighted by atomic mass is 15.1. The van der Waals surface area contributed by atoms with Crippen LogP contribution in [0.1, 0.15) is 54.9 Å². The van der Waals surface area contributed by atoms with Crippen molar-refractivity contribution in [2.45, 2.75) is 60.9 Å². The van der Waals surface area contributed by atoms with Gasteiger partial charge in [-0.3, -0.25) is 0 Å². The van der Waals surface area contributed by atoms with Crippen molar-refractivity contribution in [2.75, 3.05) is 14.1 Å². The lowest BCUT2D eigenvalue weighted by molar-refractivity contribution is 0.274. The van der Waals surface area contributed by atoms with Gasteiger partial charge in [0.2, 0.25) is 0 Å². The molecule has 0 aromatic rings. The van der Waals surface area contributed by atoms with Crippen molar-refractivity contribution in [3.63, 3.8) is 0 Å². The number of rotatable bonds is 3. The zero-order valence-corrected chi connectivity index (χ0v) is 11.3. The Hall–Kier alpha value is -0.0400. The lowest BCUT2D eigenvalue weighted by atomic mass is 10.1. The largest absolute Gasteiger partial charge is 0.307 e. The van der Waals surface area contributed by atoms with E-state index >= 15 is 0 Å². The monoisotopic (exact) mass is 189 g/mol. The molecule has 0 aromatic heterocycles. The highest BCUT2D eigenvalue weighted by Gasteiger charge is 2.05. The summed E-state index contributed by atoms with van der Waals surface area (Å²) in [6.45, 7) is 14.8. The molecule has 0 spiro atoms. The zero-order chi connectivity index (χ0) is 11.4. The molecule has 0 saturated carbocycles. The highest BCUT2D eigenvalue weighted by Crippen LogP contribution is 2.06. The minimum Gasteiger partial charge on any atom is -0.307 e. The Labute approximate surface area is 86.5 Å². The molecule has 0 bridgehead atoms. The molecule has 1 atom stereocenters. The molecule has 0 heterocycles. The van der Waals surface area contributed by atoms with E-state index in [1.807, 2.05) is 27.7 Å². The van der Waals surface area contributed by atoms with Gasteiger partial charge in [-0.1, -0.05) is 41.5 Å². The average Bonchev–Trinajstić information content (AvgIpc) is 2.10. The number of hydrogen-bond acceptors (Lipinski definition) is 1. The minimum absolute atomic E-state index is 0.727. The molecule has 0 aliphatic carbocycles. The van der Waals surface area contributed by atoms with E-state index in [0.29, 0.717) is 0 Å². The summed E-state index contributed by atoms with van der Waals surface area (Å²) in [4.78, 5) is 2.26. The number of nitrogens with zero attached hydrogens (tertiary/aromatic N) is 1. The van der Waals surface area contributed by atoms with Crippen LogP contribution in [0.4, 0.5) is 0 Å². The first-order valence-electron chi connectivity index (χ1n) is 5.70. The van der Waals surface area contributed by atoms with Gasteiger partial charge in [-0.2, -0.15) is 0 Å². The molecule has 0 radical (unpaired) electrons. The number of hydrogen-bond donors (Lipinski definition) is 0. The van der Waals surface area contributed by atoms with Crippen LogP contribution >= 0.6 is 0 Å². The third-order valence-electron chi connectivity index (χ3n) is 1.69. The second-order valence-corrected chi connectivity index (χ2v) is 3.44. The third kappa shape index (κ3) is 18.7. The van der Waals surface area contributed by atoms with E-state index in [0.717, 1.165) is 12.0 Å². The summed E-state index contributed by atoms with van der Waals surface area (Å²) < 4.78 is 0. The molecule has 84 valence electrons. The van der Waals surface area contributed by atoms with Gasteiger partial charge in [0.1, 0.15) is 0 Å². The van der Waals surface area contributed by atoms with Gasteiger partial charge < -0.3 is 4.90 Å². The minimum atomic E-state index is 0.727. The van der Waals surface area contributed by atoms with Gasteiger partial charge in [0.15, 0.2) is 0 Å². The maximum Gasteiger partial charge on any atom is 0.00632 e. The van der Waals surface area contributed by atoms with Crippen LogP contribution in [0.25, 0.3) is 0 Å². The second-order valence-electron chi connectivity index (χ2n) is 3.44. The van der Waals surface area contributed by atoms with Gasteiger partial charge in [0.25, 0.3) is 0 Å². The Morgan fingerprint density at radius 3 is 1.23 bits per heavy atom. The van der Waals surface area contributed by atoms with E-state index in [1.54, 1.807) is 0 Å². The Kier molecular flexibility index (Phi) is 20.8. The van der Waals surface area contributed by atoms with Crippen LogP contribution in [0.2, 0.25) is 0 Å². The van der Waals surface area contributed by atoms with Crippen molar-refractivity contribution in [2.24, 2.45) is 5.92 Å². The first-order chi connectivity index (χ1) is 6.04. The zero-order valence-electron chi connectivity index (χ0n) is 11.3. The fraction of sp³-hybridized carbons (Fsp3) is 1.00. The summed E-state index contributed by atoms with van der Waals surface area (Å²) in [6, 6.07) is 0.727. The van der Waals surface area contributed by atoms with Crippen molar-refractivity contribution < 1.29 is 0 Å². The van der Waals surface area contributed by atoms with Crippen molar-refractivity contribution in [3.8, 4) is 0 Å². The molecular formula is C12H31N. The molecule has 0 amide bonds. The molecule has 0 fully saturated rings. The lowest BCUT2D eigenvalue weighted by Gasteiger charge is -2.21. The normalized spacial score (nSPS) is 11.3. The van der Waals surface area contributed by atoms with Crippen LogP contribution in [0.3, 0.4) is 0 Å². The summed E-state index contributed by atoms with van der Waals surface area (Å²) in [5.74, 6) is 0.822. The van der Waals surface area contributed by atoms with Gasteiger partial charge in [-0.15, -0.1) is 0 Å². The van der Waals surface area contributed by atoms with Crippen LogP contribution < -0.4 is 0 Å². The Balaban J connectivity index is -0.000000218. The van der Waals surface area contributed by atoms with Gasteiger partial charge in [-0.05, 0) is 33.4 Å². The SMILES string of the molecule is CC.CC.CC(C)CC(C)N(C)C. The van der Waals surface area contributed by atoms with Crippen LogP contribution in [-0.4, -0.2) is 25.0 Å². The average molecular weight is 189 g/mol. The standard InChI is InChI=1S/C8H19N.2C2H6/c1-7(2)6-8(3)9(4)5;2*1-2/h7-8H,6H2,1-5H3;2*1-2H3. The molecule has 1 unspecified atom stereocenters. The van der Waals surface area contributed by atoms with Gasteiger partial charge in [0, 0.05) is 6.04 Å². The van der Waals surface area contributed by atoms with E-state index < -0.39 is 0 Å². The molecule has 0 N–H and O–H groups in total. The van der Waals surface area contributed by atoms with Crippen LogP contribution in [0.5, 0.6) is 0 Å². The molecule has 0 aliphatic heterocycles. The molecule has 1 nitrogen and oxygen atoms in total. The summed E-state index contributed by atoms with van der Waals surface area (Å²) in [6.07, 6.45) is 1.30. The van der Waals surface area contributed by atoms with E-state index in [1.165, 1.54) is 6.42 Å². The smallest absolute Gasteiger partial charge is 0.00632 e.